The molecule has 0 saturated carbocycles. The number of likely N-dealkylation sites (tertiary alicyclic amines) is 1. The highest BCUT2D eigenvalue weighted by Crippen LogP contribution is 2.18. The summed E-state index contributed by atoms with van der Waals surface area (Å²) in [6.45, 7) is 4.46. The van der Waals surface area contributed by atoms with Gasteiger partial charge >= 0.3 is 0 Å². The number of carbonyl (C=O) groups excluding carboxylic acids is 4. The van der Waals surface area contributed by atoms with Gasteiger partial charge in [0.1, 0.15) is 12.1 Å². The van der Waals surface area contributed by atoms with Crippen molar-refractivity contribution in [2.45, 2.75) is 77.0 Å². The Morgan fingerprint density at radius 3 is 2.42 bits per heavy atom. The van der Waals surface area contributed by atoms with Gasteiger partial charge in [-0.3, -0.25) is 19.2 Å². The van der Waals surface area contributed by atoms with Crippen molar-refractivity contribution in [3.8, 4) is 0 Å². The van der Waals surface area contributed by atoms with E-state index in [-0.39, 0.29) is 43.1 Å². The number of benzene rings is 2. The van der Waals surface area contributed by atoms with Crippen molar-refractivity contribution >= 4 is 29.3 Å². The zero-order valence-electron chi connectivity index (χ0n) is 22.2. The van der Waals surface area contributed by atoms with E-state index >= 15 is 0 Å². The number of piperidine rings is 1. The molecule has 1 aliphatic rings. The van der Waals surface area contributed by atoms with E-state index in [9.17, 15) is 19.2 Å². The number of carbonyl (C=O) groups is 4. The van der Waals surface area contributed by atoms with Crippen LogP contribution in [0.3, 0.4) is 0 Å². The smallest absolute Gasteiger partial charge is 0.243 e. The van der Waals surface area contributed by atoms with E-state index in [1.807, 2.05) is 43.3 Å². The molecule has 2 aromatic rings. The summed E-state index contributed by atoms with van der Waals surface area (Å²) in [4.78, 5) is 53.5. The third-order valence-corrected chi connectivity index (χ3v) is 6.81. The molecule has 0 aromatic heterocycles. The monoisotopic (exact) mass is 521 g/mol. The van der Waals surface area contributed by atoms with Crippen LogP contribution in [0, 0.1) is 0 Å². The summed E-state index contributed by atoms with van der Waals surface area (Å²) in [5, 5.41) is 8.18. The van der Waals surface area contributed by atoms with Crippen molar-refractivity contribution in [3.05, 3.63) is 65.7 Å². The van der Waals surface area contributed by atoms with Crippen LogP contribution in [0.4, 0.5) is 5.69 Å². The van der Waals surface area contributed by atoms with Crippen LogP contribution in [0.1, 0.15) is 57.1 Å². The molecule has 204 valence electrons. The van der Waals surface area contributed by atoms with Gasteiger partial charge in [0.05, 0.1) is 6.42 Å². The molecule has 1 saturated heterocycles. The van der Waals surface area contributed by atoms with Gasteiger partial charge in [-0.1, -0.05) is 42.5 Å². The highest BCUT2D eigenvalue weighted by molar-refractivity contribution is 5.94. The van der Waals surface area contributed by atoms with Crippen LogP contribution in [0.15, 0.2) is 54.6 Å². The summed E-state index contributed by atoms with van der Waals surface area (Å²) in [6, 6.07) is 14.9. The Labute approximate surface area is 224 Å². The SMILES string of the molecule is CC(NC(=O)C(CC(=O)N1CCCCC1C)NC(=O)CCc1ccccc1)C(=O)NCc1cccc(N)c1. The third kappa shape index (κ3) is 8.90. The Bertz CT molecular complexity index is 1110. The lowest BCUT2D eigenvalue weighted by Gasteiger charge is -2.34. The van der Waals surface area contributed by atoms with Crippen molar-refractivity contribution in [1.29, 1.82) is 0 Å². The van der Waals surface area contributed by atoms with Gasteiger partial charge in [0.2, 0.25) is 23.6 Å². The third-order valence-electron chi connectivity index (χ3n) is 6.81. The molecule has 3 rings (SSSR count). The van der Waals surface area contributed by atoms with Crippen LogP contribution in [-0.4, -0.2) is 53.2 Å². The van der Waals surface area contributed by atoms with E-state index < -0.39 is 18.0 Å². The van der Waals surface area contributed by atoms with Crippen LogP contribution in [-0.2, 0) is 32.1 Å². The summed E-state index contributed by atoms with van der Waals surface area (Å²) in [5.41, 5.74) is 8.22. The Kier molecular flexibility index (Phi) is 10.7. The van der Waals surface area contributed by atoms with Gasteiger partial charge in [0.25, 0.3) is 0 Å². The highest BCUT2D eigenvalue weighted by Gasteiger charge is 2.30. The number of amides is 4. The van der Waals surface area contributed by atoms with E-state index in [4.69, 9.17) is 5.73 Å². The summed E-state index contributed by atoms with van der Waals surface area (Å²) in [5.74, 6) is -1.46. The van der Waals surface area contributed by atoms with Crippen LogP contribution in [0.2, 0.25) is 0 Å². The minimum atomic E-state index is -1.08. The Morgan fingerprint density at radius 1 is 0.974 bits per heavy atom. The second-order valence-corrected chi connectivity index (χ2v) is 9.93. The van der Waals surface area contributed by atoms with E-state index in [0.29, 0.717) is 18.7 Å². The first-order valence-electron chi connectivity index (χ1n) is 13.3. The van der Waals surface area contributed by atoms with Crippen molar-refractivity contribution < 1.29 is 19.2 Å². The van der Waals surface area contributed by atoms with E-state index in [0.717, 1.165) is 30.4 Å². The lowest BCUT2D eigenvalue weighted by Crippen LogP contribution is -2.54. The molecule has 4 amide bonds. The summed E-state index contributed by atoms with van der Waals surface area (Å²) in [7, 11) is 0. The predicted octanol–water partition coefficient (Wildman–Crippen LogP) is 2.30. The summed E-state index contributed by atoms with van der Waals surface area (Å²) < 4.78 is 0. The van der Waals surface area contributed by atoms with E-state index in [2.05, 4.69) is 16.0 Å². The number of nitrogens with zero attached hydrogens (tertiary/aromatic N) is 1. The number of nitrogens with two attached hydrogens (primary N) is 1. The standard InChI is InChI=1S/C29H39N5O4/c1-20-9-6-7-16-34(20)27(36)18-25(33-26(35)15-14-22-10-4-3-5-11-22)29(38)32-21(2)28(37)31-19-23-12-8-13-24(30)17-23/h3-5,8,10-13,17,20-21,25H,6-7,9,14-16,18-19,30H2,1-2H3,(H,31,37)(H,32,38)(H,33,35). The van der Waals surface area contributed by atoms with Crippen molar-refractivity contribution in [2.24, 2.45) is 0 Å². The van der Waals surface area contributed by atoms with Crippen LogP contribution in [0.25, 0.3) is 0 Å². The zero-order chi connectivity index (χ0) is 27.5. The molecule has 3 atom stereocenters. The average molecular weight is 522 g/mol. The summed E-state index contributed by atoms with van der Waals surface area (Å²) >= 11 is 0. The molecule has 2 aromatic carbocycles. The molecular weight excluding hydrogens is 482 g/mol. The fourth-order valence-corrected chi connectivity index (χ4v) is 4.56. The molecule has 0 radical (unpaired) electrons. The van der Waals surface area contributed by atoms with Gasteiger partial charge < -0.3 is 26.6 Å². The molecule has 1 heterocycles. The molecule has 0 bridgehead atoms. The largest absolute Gasteiger partial charge is 0.399 e. The van der Waals surface area contributed by atoms with Crippen LogP contribution < -0.4 is 21.7 Å². The van der Waals surface area contributed by atoms with Gasteiger partial charge in [-0.15, -0.1) is 0 Å². The van der Waals surface area contributed by atoms with Crippen molar-refractivity contribution in [1.82, 2.24) is 20.9 Å². The molecule has 0 aliphatic carbocycles. The van der Waals surface area contributed by atoms with Gasteiger partial charge in [-0.05, 0) is 62.8 Å². The predicted molar refractivity (Wildman–Crippen MR) is 147 cm³/mol. The molecule has 1 aliphatic heterocycles. The Morgan fingerprint density at radius 2 is 1.71 bits per heavy atom. The number of anilines is 1. The molecule has 9 nitrogen and oxygen atoms in total. The first-order valence-corrected chi connectivity index (χ1v) is 13.3. The fourth-order valence-electron chi connectivity index (χ4n) is 4.56. The molecule has 3 unspecified atom stereocenters. The Balaban J connectivity index is 1.60. The Hall–Kier alpha value is -3.88. The first kappa shape index (κ1) is 28.7. The second-order valence-electron chi connectivity index (χ2n) is 9.93. The number of aryl methyl sites for hydroxylation is 1. The number of hydrogen-bond acceptors (Lipinski definition) is 5. The van der Waals surface area contributed by atoms with Gasteiger partial charge in [-0.25, -0.2) is 0 Å². The molecular formula is C29H39N5O4. The van der Waals surface area contributed by atoms with Crippen LogP contribution >= 0.6 is 0 Å². The molecule has 1 fully saturated rings. The normalized spacial score (nSPS) is 16.7. The summed E-state index contributed by atoms with van der Waals surface area (Å²) in [6.07, 6.45) is 3.42. The average Bonchev–Trinajstić information content (AvgIpc) is 2.91. The number of nitrogens with one attached hydrogen (secondary N) is 3. The topological polar surface area (TPSA) is 134 Å². The van der Waals surface area contributed by atoms with Gasteiger partial charge in [-0.2, -0.15) is 0 Å². The minimum absolute atomic E-state index is 0.0884. The van der Waals surface area contributed by atoms with E-state index in [1.165, 1.54) is 0 Å². The lowest BCUT2D eigenvalue weighted by atomic mass is 10.0. The van der Waals surface area contributed by atoms with Crippen molar-refractivity contribution in [2.75, 3.05) is 12.3 Å². The number of rotatable bonds is 11. The minimum Gasteiger partial charge on any atom is -0.399 e. The fraction of sp³-hybridized carbons (Fsp3) is 0.448. The second kappa shape index (κ2) is 14.2. The van der Waals surface area contributed by atoms with Gasteiger partial charge in [0.15, 0.2) is 0 Å². The number of hydrogen-bond donors (Lipinski definition) is 4. The van der Waals surface area contributed by atoms with Crippen LogP contribution in [0.5, 0.6) is 0 Å². The maximum absolute atomic E-state index is 13.2. The first-order chi connectivity index (χ1) is 18.2. The maximum Gasteiger partial charge on any atom is 0.243 e. The van der Waals surface area contributed by atoms with Crippen molar-refractivity contribution in [3.63, 3.8) is 0 Å². The molecule has 5 N–H and O–H groups in total. The van der Waals surface area contributed by atoms with Gasteiger partial charge in [0, 0.05) is 31.2 Å². The number of nitrogen functional groups attached to an aromatic ring is 1. The quantitative estimate of drug-likeness (QED) is 0.337. The molecule has 38 heavy (non-hydrogen) atoms. The highest BCUT2D eigenvalue weighted by atomic mass is 16.2. The van der Waals surface area contributed by atoms with E-state index in [1.54, 1.807) is 30.0 Å². The maximum atomic E-state index is 13.2. The molecule has 0 spiro atoms. The zero-order valence-corrected chi connectivity index (χ0v) is 22.2. The lowest BCUT2D eigenvalue weighted by molar-refractivity contribution is -0.139. The molecule has 9 heteroatoms.